The Morgan fingerprint density at radius 3 is 2.41 bits per heavy atom. The second kappa shape index (κ2) is 6.45. The van der Waals surface area contributed by atoms with E-state index in [1.807, 2.05) is 4.57 Å². The largest absolute Gasteiger partial charge is 0.315 e. The number of fused-ring (bicyclic) bond motifs is 1. The molecule has 12 heteroatoms. The van der Waals surface area contributed by atoms with Crippen molar-refractivity contribution in [1.29, 1.82) is 0 Å². The van der Waals surface area contributed by atoms with Crippen LogP contribution in [-0.2, 0) is 19.7 Å². The third-order valence-corrected chi connectivity index (χ3v) is 9.85. The topological polar surface area (TPSA) is 129 Å². The van der Waals surface area contributed by atoms with Gasteiger partial charge in [0.2, 0.25) is 0 Å². The highest BCUT2D eigenvalue weighted by Crippen LogP contribution is 2.38. The van der Waals surface area contributed by atoms with Gasteiger partial charge in [0, 0.05) is 17.4 Å². The standard InChI is InChI=1S/C15H17N3O6S3/c19-18(20)10-1-2-14-13(7-10)16-15(25-12-4-6-27(23,24)9-12)17(14)11-3-5-26(21,22)8-11/h1-2,7,11-12H,3-6,8-9H2. The molecule has 1 aromatic heterocycles. The lowest BCUT2D eigenvalue weighted by atomic mass is 10.2. The molecule has 4 rings (SSSR count). The summed E-state index contributed by atoms with van der Waals surface area (Å²) >= 11 is 1.32. The number of hydrogen-bond acceptors (Lipinski definition) is 8. The van der Waals surface area contributed by atoms with Crippen LogP contribution in [0.4, 0.5) is 5.69 Å². The summed E-state index contributed by atoms with van der Waals surface area (Å²) in [6.45, 7) is 0. The lowest BCUT2D eigenvalue weighted by Crippen LogP contribution is -2.14. The van der Waals surface area contributed by atoms with E-state index in [0.717, 1.165) is 0 Å². The fraction of sp³-hybridized carbons (Fsp3) is 0.533. The summed E-state index contributed by atoms with van der Waals surface area (Å²) in [4.78, 5) is 15.0. The average Bonchev–Trinajstić information content (AvgIpc) is 3.21. The number of rotatable bonds is 4. The van der Waals surface area contributed by atoms with Crippen molar-refractivity contribution in [2.75, 3.05) is 23.0 Å². The Kier molecular flexibility index (Phi) is 4.47. The number of nitro groups is 1. The van der Waals surface area contributed by atoms with Gasteiger partial charge in [0.25, 0.3) is 5.69 Å². The van der Waals surface area contributed by atoms with E-state index in [1.165, 1.54) is 23.9 Å². The summed E-state index contributed by atoms with van der Waals surface area (Å²) in [5.74, 6) is 0.274. The maximum Gasteiger partial charge on any atom is 0.271 e. The number of sulfone groups is 2. The van der Waals surface area contributed by atoms with Crippen molar-refractivity contribution in [2.45, 2.75) is 29.3 Å². The number of non-ortho nitro benzene ring substituents is 1. The molecule has 0 amide bonds. The first-order chi connectivity index (χ1) is 12.6. The van der Waals surface area contributed by atoms with Gasteiger partial charge in [-0.2, -0.15) is 0 Å². The van der Waals surface area contributed by atoms with Crippen molar-refractivity contribution in [1.82, 2.24) is 9.55 Å². The van der Waals surface area contributed by atoms with Crippen LogP contribution in [0.2, 0.25) is 0 Å². The minimum Gasteiger partial charge on any atom is -0.315 e. The minimum absolute atomic E-state index is 0.00796. The second-order valence-corrected chi connectivity index (χ2v) is 12.6. The molecule has 27 heavy (non-hydrogen) atoms. The van der Waals surface area contributed by atoms with E-state index in [0.29, 0.717) is 29.0 Å². The maximum atomic E-state index is 11.9. The monoisotopic (exact) mass is 431 g/mol. The number of thioether (sulfide) groups is 1. The van der Waals surface area contributed by atoms with Crippen molar-refractivity contribution in [2.24, 2.45) is 0 Å². The van der Waals surface area contributed by atoms with E-state index in [9.17, 15) is 26.9 Å². The molecule has 2 saturated heterocycles. The molecule has 2 atom stereocenters. The van der Waals surface area contributed by atoms with Crippen LogP contribution in [0.5, 0.6) is 0 Å². The molecular weight excluding hydrogens is 414 g/mol. The Morgan fingerprint density at radius 1 is 1.11 bits per heavy atom. The Morgan fingerprint density at radius 2 is 1.81 bits per heavy atom. The molecule has 2 aliphatic heterocycles. The number of benzene rings is 1. The fourth-order valence-corrected chi connectivity index (χ4v) is 8.93. The van der Waals surface area contributed by atoms with Gasteiger partial charge < -0.3 is 4.57 Å². The molecule has 1 aromatic carbocycles. The Bertz CT molecular complexity index is 1140. The minimum atomic E-state index is -3.14. The Hall–Kier alpha value is -1.66. The van der Waals surface area contributed by atoms with Gasteiger partial charge in [0.1, 0.15) is 0 Å². The van der Waals surface area contributed by atoms with Gasteiger partial charge in [-0.15, -0.1) is 0 Å². The summed E-state index contributed by atoms with van der Waals surface area (Å²) in [7, 11) is -6.19. The van der Waals surface area contributed by atoms with E-state index in [1.54, 1.807) is 6.07 Å². The molecule has 9 nitrogen and oxygen atoms in total. The Labute approximate surface area is 160 Å². The lowest BCUT2D eigenvalue weighted by Gasteiger charge is -2.16. The maximum absolute atomic E-state index is 11.9. The SMILES string of the molecule is O=[N+]([O-])c1ccc2c(c1)nc(SC1CCS(=O)(=O)C1)n2C1CCS(=O)(=O)C1. The van der Waals surface area contributed by atoms with Crippen molar-refractivity contribution >= 4 is 48.2 Å². The molecule has 0 saturated carbocycles. The average molecular weight is 432 g/mol. The molecule has 0 aliphatic carbocycles. The molecule has 146 valence electrons. The number of imidazole rings is 1. The zero-order valence-electron chi connectivity index (χ0n) is 14.1. The van der Waals surface area contributed by atoms with Crippen molar-refractivity contribution in [3.05, 3.63) is 28.3 Å². The van der Waals surface area contributed by atoms with Crippen LogP contribution in [0.25, 0.3) is 11.0 Å². The Balaban J connectivity index is 1.78. The van der Waals surface area contributed by atoms with Crippen LogP contribution in [0, 0.1) is 10.1 Å². The van der Waals surface area contributed by atoms with Crippen LogP contribution in [0.1, 0.15) is 18.9 Å². The van der Waals surface area contributed by atoms with E-state index in [2.05, 4.69) is 4.98 Å². The highest BCUT2D eigenvalue weighted by Gasteiger charge is 2.34. The van der Waals surface area contributed by atoms with Gasteiger partial charge in [-0.25, -0.2) is 21.8 Å². The molecule has 2 unspecified atom stereocenters. The third kappa shape index (κ3) is 3.69. The van der Waals surface area contributed by atoms with Crippen molar-refractivity contribution in [3.8, 4) is 0 Å². The molecule has 0 N–H and O–H groups in total. The number of nitro benzene ring substituents is 1. The first kappa shape index (κ1) is 18.7. The van der Waals surface area contributed by atoms with E-state index in [4.69, 9.17) is 0 Å². The molecule has 0 radical (unpaired) electrons. The highest BCUT2D eigenvalue weighted by molar-refractivity contribution is 8.01. The van der Waals surface area contributed by atoms with E-state index >= 15 is 0 Å². The third-order valence-electron chi connectivity index (χ3n) is 4.89. The zero-order valence-corrected chi connectivity index (χ0v) is 16.6. The van der Waals surface area contributed by atoms with Gasteiger partial charge in [-0.1, -0.05) is 11.8 Å². The molecule has 0 bridgehead atoms. The molecule has 2 fully saturated rings. The second-order valence-electron chi connectivity index (χ2n) is 6.89. The first-order valence-electron chi connectivity index (χ1n) is 8.37. The molecule has 2 aliphatic rings. The quantitative estimate of drug-likeness (QED) is 0.527. The summed E-state index contributed by atoms with van der Waals surface area (Å²) in [5.41, 5.74) is 0.953. The predicted molar refractivity (Wildman–Crippen MR) is 102 cm³/mol. The van der Waals surface area contributed by atoms with Gasteiger partial charge in [0.15, 0.2) is 24.8 Å². The van der Waals surface area contributed by atoms with E-state index < -0.39 is 24.6 Å². The number of aromatic nitrogens is 2. The summed E-state index contributed by atoms with van der Waals surface area (Å²) in [5, 5.41) is 11.4. The first-order valence-corrected chi connectivity index (χ1v) is 12.9. The lowest BCUT2D eigenvalue weighted by molar-refractivity contribution is -0.384. The van der Waals surface area contributed by atoms with Crippen LogP contribution >= 0.6 is 11.8 Å². The summed E-state index contributed by atoms with van der Waals surface area (Å²) in [6, 6.07) is 4.02. The molecular formula is C15H17N3O6S3. The molecule has 3 heterocycles. The highest BCUT2D eigenvalue weighted by atomic mass is 32.2. The summed E-state index contributed by atoms with van der Waals surface area (Å²) in [6.07, 6.45) is 0.959. The number of nitrogens with zero attached hydrogens (tertiary/aromatic N) is 3. The zero-order chi connectivity index (χ0) is 19.4. The van der Waals surface area contributed by atoms with Gasteiger partial charge in [-0.05, 0) is 18.9 Å². The van der Waals surface area contributed by atoms with Gasteiger partial charge in [-0.3, -0.25) is 10.1 Å². The van der Waals surface area contributed by atoms with Gasteiger partial charge >= 0.3 is 0 Å². The normalized spacial score (nSPS) is 26.5. The smallest absolute Gasteiger partial charge is 0.271 e. The van der Waals surface area contributed by atoms with Crippen molar-refractivity contribution < 1.29 is 21.8 Å². The van der Waals surface area contributed by atoms with E-state index in [-0.39, 0.29) is 40.0 Å². The number of hydrogen-bond donors (Lipinski definition) is 0. The van der Waals surface area contributed by atoms with Crippen LogP contribution in [0.15, 0.2) is 23.4 Å². The molecule has 0 spiro atoms. The summed E-state index contributed by atoms with van der Waals surface area (Å²) < 4.78 is 49.2. The predicted octanol–water partition coefficient (Wildman–Crippen LogP) is 1.58. The molecule has 2 aromatic rings. The van der Waals surface area contributed by atoms with Crippen LogP contribution in [-0.4, -0.2) is 59.6 Å². The van der Waals surface area contributed by atoms with Crippen molar-refractivity contribution in [3.63, 3.8) is 0 Å². The van der Waals surface area contributed by atoms with Crippen LogP contribution < -0.4 is 0 Å². The van der Waals surface area contributed by atoms with Gasteiger partial charge in [0.05, 0.1) is 45.0 Å². The fourth-order valence-electron chi connectivity index (χ4n) is 3.60. The van der Waals surface area contributed by atoms with Crippen LogP contribution in [0.3, 0.4) is 0 Å².